The van der Waals surface area contributed by atoms with Gasteiger partial charge in [-0.2, -0.15) is 5.26 Å². The molecule has 2 N–H and O–H groups in total. The molecule has 1 aromatic heterocycles. The number of nitriles is 1. The minimum atomic E-state index is -1.22. The van der Waals surface area contributed by atoms with Gasteiger partial charge in [0.25, 0.3) is 23.6 Å². The monoisotopic (exact) mass is 740 g/mol. The summed E-state index contributed by atoms with van der Waals surface area (Å²) in [5.41, 5.74) is 5.52. The number of piperazine rings is 1. The quantitative estimate of drug-likeness (QED) is 0.335. The maximum Gasteiger partial charge on any atom is 0.269 e. The number of nitrogens with two attached hydrogens (primary N) is 1. The molecule has 9 rings (SSSR count). The lowest BCUT2D eigenvalue weighted by atomic mass is 9.86. The van der Waals surface area contributed by atoms with Crippen molar-refractivity contribution in [2.75, 3.05) is 18.0 Å². The topological polar surface area (TPSA) is 183 Å². The van der Waals surface area contributed by atoms with E-state index >= 15 is 4.39 Å². The number of piperidine rings is 2. The number of aromatic nitrogens is 2. The van der Waals surface area contributed by atoms with E-state index in [1.165, 1.54) is 23.1 Å². The Bertz CT molecular complexity index is 2090. The number of hydrogen-bond donors (Lipinski definition) is 1. The van der Waals surface area contributed by atoms with Crippen molar-refractivity contribution < 1.29 is 33.1 Å². The molecule has 2 bridgehead atoms. The second-order valence-corrected chi connectivity index (χ2v) is 14.6. The molecule has 272 valence electrons. The fraction of sp³-hybridized carbons (Fsp3) is 0.405. The van der Waals surface area contributed by atoms with Crippen molar-refractivity contribution in [1.82, 2.24) is 24.9 Å². The van der Waals surface area contributed by atoms with Crippen LogP contribution < -0.4 is 15.4 Å². The first-order chi connectivity index (χ1) is 25.5. The summed E-state index contributed by atoms with van der Waals surface area (Å²) in [6.07, 6.45) is 2.65. The number of primary amides is 1. The number of nitrogens with zero attached hydrogens (tertiary/aromatic N) is 7. The lowest BCUT2D eigenvalue weighted by Gasteiger charge is -2.56. The number of fused-ring (bicyclic) bond motifs is 3. The maximum absolute atomic E-state index is 16.2. The fourth-order valence-corrected chi connectivity index (χ4v) is 8.61. The highest BCUT2D eigenvalue weighted by Crippen LogP contribution is 2.38. The Hall–Kier alpha value is -5.46. The normalized spacial score (nSPS) is 25.6. The molecule has 0 radical (unpaired) electrons. The number of rotatable bonds is 8. The summed E-state index contributed by atoms with van der Waals surface area (Å²) < 4.78 is 22.2. The van der Waals surface area contributed by atoms with Gasteiger partial charge in [0.15, 0.2) is 11.5 Å². The molecular weight excluding hydrogens is 707 g/mol. The molecule has 16 heteroatoms. The predicted octanol–water partition coefficient (Wildman–Crippen LogP) is 3.21. The summed E-state index contributed by atoms with van der Waals surface area (Å²) >= 11 is 6.14. The maximum atomic E-state index is 16.2. The smallest absolute Gasteiger partial charge is 0.269 e. The molecule has 2 aromatic carbocycles. The number of imide groups is 2. The van der Waals surface area contributed by atoms with Crippen LogP contribution in [0.5, 0.6) is 5.75 Å². The van der Waals surface area contributed by atoms with Crippen molar-refractivity contribution in [2.24, 2.45) is 5.73 Å². The Kier molecular flexibility index (Phi) is 8.82. The summed E-state index contributed by atoms with van der Waals surface area (Å²) in [6.45, 7) is 1.45. The van der Waals surface area contributed by atoms with Gasteiger partial charge in [0, 0.05) is 55.8 Å². The van der Waals surface area contributed by atoms with Crippen LogP contribution in [-0.2, 0) is 16.1 Å². The van der Waals surface area contributed by atoms with Crippen molar-refractivity contribution >= 4 is 47.0 Å². The SMILES string of the molecule is N#Cc1ccc(OC2CCC(N3C(=O)CC[C@@H](N4C(=O)c5ccc(CN6[C@@H]7C[C@@H]6CN(c6ccc(C(N)=O)nn6)C7)c(F)c5C4=O)C3=O)CC2)cc1Cl. The molecule has 6 aliphatic rings. The van der Waals surface area contributed by atoms with E-state index in [4.69, 9.17) is 27.3 Å². The number of carbonyl (C=O) groups excluding carboxylic acids is 5. The minimum Gasteiger partial charge on any atom is -0.490 e. The van der Waals surface area contributed by atoms with Gasteiger partial charge in [-0.05, 0) is 68.9 Å². The Balaban J connectivity index is 0.917. The van der Waals surface area contributed by atoms with Gasteiger partial charge in [0.2, 0.25) is 5.91 Å². The highest BCUT2D eigenvalue weighted by atomic mass is 35.5. The molecule has 14 nitrogen and oxygen atoms in total. The van der Waals surface area contributed by atoms with Crippen molar-refractivity contribution in [3.8, 4) is 11.8 Å². The Morgan fingerprint density at radius 3 is 2.36 bits per heavy atom. The van der Waals surface area contributed by atoms with Crippen LogP contribution in [0, 0.1) is 17.1 Å². The molecule has 4 saturated heterocycles. The first kappa shape index (κ1) is 34.6. The molecule has 5 aliphatic heterocycles. The number of likely N-dealkylation sites (tertiary alicyclic amines) is 1. The van der Waals surface area contributed by atoms with Gasteiger partial charge >= 0.3 is 0 Å². The van der Waals surface area contributed by atoms with E-state index < -0.39 is 41.5 Å². The van der Waals surface area contributed by atoms with Crippen LogP contribution in [0.25, 0.3) is 0 Å². The summed E-state index contributed by atoms with van der Waals surface area (Å²) in [4.78, 5) is 72.1. The van der Waals surface area contributed by atoms with Gasteiger partial charge in [-0.15, -0.1) is 10.2 Å². The van der Waals surface area contributed by atoms with Gasteiger partial charge in [-0.1, -0.05) is 17.7 Å². The summed E-state index contributed by atoms with van der Waals surface area (Å²) in [7, 11) is 0. The third-order valence-electron chi connectivity index (χ3n) is 11.1. The van der Waals surface area contributed by atoms with Crippen molar-refractivity contribution in [3.63, 3.8) is 0 Å². The van der Waals surface area contributed by atoms with Crippen LogP contribution in [0.3, 0.4) is 0 Å². The van der Waals surface area contributed by atoms with E-state index in [1.54, 1.807) is 24.3 Å². The number of benzene rings is 2. The van der Waals surface area contributed by atoms with Crippen molar-refractivity contribution in [2.45, 2.75) is 81.8 Å². The standard InChI is InChI=1S/C37H34ClFN8O6/c38-27-14-25(5-1-19(27)15-40)53-24-6-3-21(4-7-24)46-31(48)12-10-29(36(46)51)47-35(50)26-8-2-20(33(39)32(26)37(47)52)16-45-22-13-23(45)18-44(17-22)30-11-9-28(34(41)49)42-43-30/h1-2,5,8-9,11,14,21-24,29H,3-4,6-7,10,12-13,16-18H2,(H2,41,49)/t21?,22-,23-,24?,29-/m1/s1. The van der Waals surface area contributed by atoms with Crippen LogP contribution in [-0.4, -0.2) is 97.8 Å². The van der Waals surface area contributed by atoms with E-state index in [2.05, 4.69) is 20.0 Å². The average molecular weight is 741 g/mol. The third kappa shape index (κ3) is 6.05. The van der Waals surface area contributed by atoms with E-state index in [1.807, 2.05) is 6.07 Å². The second kappa shape index (κ2) is 13.5. The highest BCUT2D eigenvalue weighted by molar-refractivity contribution is 6.31. The fourth-order valence-electron chi connectivity index (χ4n) is 8.39. The van der Waals surface area contributed by atoms with Crippen molar-refractivity contribution in [3.05, 3.63) is 81.3 Å². The zero-order valence-electron chi connectivity index (χ0n) is 28.4. The molecule has 1 aliphatic carbocycles. The lowest BCUT2D eigenvalue weighted by Crippen LogP contribution is -2.68. The van der Waals surface area contributed by atoms with Gasteiger partial charge in [0.05, 0.1) is 27.8 Å². The van der Waals surface area contributed by atoms with Gasteiger partial charge < -0.3 is 15.4 Å². The van der Waals surface area contributed by atoms with E-state index in [0.29, 0.717) is 55.9 Å². The Morgan fingerprint density at radius 1 is 0.943 bits per heavy atom. The third-order valence-corrected chi connectivity index (χ3v) is 11.4. The summed E-state index contributed by atoms with van der Waals surface area (Å²) in [6, 6.07) is 11.6. The highest BCUT2D eigenvalue weighted by Gasteiger charge is 2.51. The van der Waals surface area contributed by atoms with E-state index in [-0.39, 0.29) is 70.9 Å². The molecule has 3 aromatic rings. The number of anilines is 1. The zero-order valence-corrected chi connectivity index (χ0v) is 29.2. The van der Waals surface area contributed by atoms with Crippen LogP contribution in [0.2, 0.25) is 5.02 Å². The number of carbonyl (C=O) groups is 5. The molecule has 0 spiro atoms. The first-order valence-electron chi connectivity index (χ1n) is 17.6. The number of hydrogen-bond acceptors (Lipinski definition) is 11. The lowest BCUT2D eigenvalue weighted by molar-refractivity contribution is -0.155. The van der Waals surface area contributed by atoms with E-state index in [9.17, 15) is 24.0 Å². The molecule has 1 saturated carbocycles. The molecule has 3 atom stereocenters. The van der Waals surface area contributed by atoms with Gasteiger partial charge in [-0.3, -0.25) is 38.7 Å². The zero-order chi connectivity index (χ0) is 37.1. The van der Waals surface area contributed by atoms with Gasteiger partial charge in [-0.25, -0.2) is 4.39 Å². The second-order valence-electron chi connectivity index (χ2n) is 14.2. The molecular formula is C37H34ClFN8O6. The van der Waals surface area contributed by atoms with E-state index in [0.717, 1.165) is 11.3 Å². The van der Waals surface area contributed by atoms with Crippen molar-refractivity contribution in [1.29, 1.82) is 5.26 Å². The summed E-state index contributed by atoms with van der Waals surface area (Å²) in [5, 5.41) is 17.4. The predicted molar refractivity (Wildman–Crippen MR) is 185 cm³/mol. The Morgan fingerprint density at radius 2 is 1.70 bits per heavy atom. The molecule has 0 unspecified atom stereocenters. The summed E-state index contributed by atoms with van der Waals surface area (Å²) in [5.74, 6) is -2.93. The van der Waals surface area contributed by atoms with Crippen LogP contribution in [0.4, 0.5) is 10.2 Å². The molecule has 53 heavy (non-hydrogen) atoms. The Labute approximate surface area is 308 Å². The average Bonchev–Trinajstić information content (AvgIpc) is 3.41. The largest absolute Gasteiger partial charge is 0.490 e. The first-order valence-corrected chi connectivity index (χ1v) is 18.0. The number of amides is 5. The van der Waals surface area contributed by atoms with Crippen LogP contribution >= 0.6 is 11.6 Å². The molecule has 5 amide bonds. The van der Waals surface area contributed by atoms with Crippen LogP contribution in [0.15, 0.2) is 42.5 Å². The van der Waals surface area contributed by atoms with Crippen LogP contribution in [0.1, 0.15) is 87.3 Å². The number of halogens is 2. The molecule has 6 heterocycles. The molecule has 5 fully saturated rings. The minimum absolute atomic E-state index is 0.0324. The van der Waals surface area contributed by atoms with Gasteiger partial charge in [0.1, 0.15) is 23.7 Å². The number of ether oxygens (including phenoxy) is 1.